The van der Waals surface area contributed by atoms with Gasteiger partial charge < -0.3 is 16.2 Å². The first-order valence-electron chi connectivity index (χ1n) is 5.74. The molecule has 0 atom stereocenters. The summed E-state index contributed by atoms with van der Waals surface area (Å²) in [6, 6.07) is 10.3. The fourth-order valence-electron chi connectivity index (χ4n) is 1.77. The molecule has 2 aromatic rings. The average Bonchev–Trinajstić information content (AvgIpc) is 2.37. The van der Waals surface area contributed by atoms with E-state index >= 15 is 0 Å². The van der Waals surface area contributed by atoms with E-state index in [2.05, 4.69) is 15.9 Å². The number of nitrogens with two attached hydrogens (primary N) is 2. The maximum Gasteiger partial charge on any atom is 0.249 e. The maximum atomic E-state index is 11.3. The van der Waals surface area contributed by atoms with E-state index in [1.807, 2.05) is 6.07 Å². The molecule has 0 fully saturated rings. The van der Waals surface area contributed by atoms with E-state index < -0.39 is 5.91 Å². The van der Waals surface area contributed by atoms with Crippen LogP contribution in [0.4, 0.5) is 5.69 Å². The number of rotatable bonds is 4. The standard InChI is InChI=1S/C14H12BrClN2O2/c15-11-5-9(16)6-12(17)13(11)20-7-8-3-1-2-4-10(8)14(18)19/h1-6H,7,17H2,(H2,18,19). The van der Waals surface area contributed by atoms with Crippen LogP contribution in [0.25, 0.3) is 0 Å². The fourth-order valence-corrected chi connectivity index (χ4v) is 2.72. The van der Waals surface area contributed by atoms with Gasteiger partial charge in [0, 0.05) is 16.1 Å². The van der Waals surface area contributed by atoms with E-state index in [0.29, 0.717) is 32.1 Å². The molecule has 0 aromatic heterocycles. The van der Waals surface area contributed by atoms with Gasteiger partial charge in [-0.15, -0.1) is 0 Å². The lowest BCUT2D eigenvalue weighted by Crippen LogP contribution is -2.14. The zero-order chi connectivity index (χ0) is 14.7. The van der Waals surface area contributed by atoms with Crippen LogP contribution in [0.1, 0.15) is 15.9 Å². The lowest BCUT2D eigenvalue weighted by Gasteiger charge is -2.13. The zero-order valence-corrected chi connectivity index (χ0v) is 12.7. The Bertz CT molecular complexity index is 638. The van der Waals surface area contributed by atoms with Gasteiger partial charge in [-0.1, -0.05) is 29.8 Å². The summed E-state index contributed by atoms with van der Waals surface area (Å²) in [7, 11) is 0. The van der Waals surface area contributed by atoms with Crippen molar-refractivity contribution in [2.24, 2.45) is 5.73 Å². The molecule has 0 saturated carbocycles. The third kappa shape index (κ3) is 3.23. The van der Waals surface area contributed by atoms with Crippen LogP contribution in [-0.2, 0) is 6.61 Å². The molecule has 20 heavy (non-hydrogen) atoms. The Kier molecular flexibility index (Phi) is 4.52. The zero-order valence-electron chi connectivity index (χ0n) is 10.4. The minimum absolute atomic E-state index is 0.184. The molecule has 1 amide bonds. The number of carbonyl (C=O) groups is 1. The largest absolute Gasteiger partial charge is 0.486 e. The molecule has 0 aliphatic heterocycles. The third-order valence-electron chi connectivity index (χ3n) is 2.69. The molecule has 0 bridgehead atoms. The number of amides is 1. The number of anilines is 1. The van der Waals surface area contributed by atoms with Crippen molar-refractivity contribution in [3.8, 4) is 5.75 Å². The van der Waals surface area contributed by atoms with E-state index in [-0.39, 0.29) is 6.61 Å². The number of nitrogen functional groups attached to an aromatic ring is 1. The summed E-state index contributed by atoms with van der Waals surface area (Å²) >= 11 is 9.22. The number of primary amides is 1. The van der Waals surface area contributed by atoms with Crippen LogP contribution < -0.4 is 16.2 Å². The number of hydrogen-bond acceptors (Lipinski definition) is 3. The van der Waals surface area contributed by atoms with Gasteiger partial charge in [-0.05, 0) is 34.1 Å². The lowest BCUT2D eigenvalue weighted by atomic mass is 10.1. The Labute approximate surface area is 129 Å². The minimum atomic E-state index is -0.493. The van der Waals surface area contributed by atoms with Gasteiger partial charge in [0.25, 0.3) is 0 Å². The summed E-state index contributed by atoms with van der Waals surface area (Å²) in [4.78, 5) is 11.3. The maximum absolute atomic E-state index is 11.3. The normalized spacial score (nSPS) is 10.3. The summed E-state index contributed by atoms with van der Waals surface area (Å²) in [5, 5.41) is 0.513. The highest BCUT2D eigenvalue weighted by Gasteiger charge is 2.11. The van der Waals surface area contributed by atoms with Crippen LogP contribution in [0.3, 0.4) is 0 Å². The second kappa shape index (κ2) is 6.15. The topological polar surface area (TPSA) is 78.3 Å². The second-order valence-corrected chi connectivity index (χ2v) is 5.41. The van der Waals surface area contributed by atoms with Gasteiger partial charge in [0.05, 0.1) is 10.2 Å². The van der Waals surface area contributed by atoms with Crippen LogP contribution in [0, 0.1) is 0 Å². The molecule has 0 radical (unpaired) electrons. The summed E-state index contributed by atoms with van der Waals surface area (Å²) in [6.45, 7) is 0.184. The first kappa shape index (κ1) is 14.7. The van der Waals surface area contributed by atoms with Crippen molar-refractivity contribution in [3.63, 3.8) is 0 Å². The SMILES string of the molecule is NC(=O)c1ccccc1COc1c(N)cc(Cl)cc1Br. The predicted molar refractivity (Wildman–Crippen MR) is 82.9 cm³/mol. The molecule has 0 saturated heterocycles. The van der Waals surface area contributed by atoms with Crippen molar-refractivity contribution in [1.82, 2.24) is 0 Å². The Morgan fingerprint density at radius 2 is 2.00 bits per heavy atom. The lowest BCUT2D eigenvalue weighted by molar-refractivity contribution is 0.0998. The Balaban J connectivity index is 2.24. The monoisotopic (exact) mass is 354 g/mol. The van der Waals surface area contributed by atoms with Gasteiger partial charge in [-0.3, -0.25) is 4.79 Å². The first-order chi connectivity index (χ1) is 9.49. The minimum Gasteiger partial charge on any atom is -0.486 e. The number of halogens is 2. The summed E-state index contributed by atoms with van der Waals surface area (Å²) in [5.74, 6) is -0.0129. The Morgan fingerprint density at radius 1 is 1.30 bits per heavy atom. The van der Waals surface area contributed by atoms with Gasteiger partial charge in [0.1, 0.15) is 6.61 Å². The van der Waals surface area contributed by atoms with E-state index in [0.717, 1.165) is 0 Å². The summed E-state index contributed by atoms with van der Waals surface area (Å²) < 4.78 is 6.31. The average molecular weight is 356 g/mol. The molecule has 2 rings (SSSR count). The van der Waals surface area contributed by atoms with Crippen molar-refractivity contribution >= 4 is 39.1 Å². The van der Waals surface area contributed by atoms with Crippen molar-refractivity contribution in [3.05, 3.63) is 57.0 Å². The van der Waals surface area contributed by atoms with Gasteiger partial charge in [-0.2, -0.15) is 0 Å². The number of ether oxygens (including phenoxy) is 1. The molecular formula is C14H12BrClN2O2. The smallest absolute Gasteiger partial charge is 0.249 e. The van der Waals surface area contributed by atoms with Crippen molar-refractivity contribution < 1.29 is 9.53 Å². The van der Waals surface area contributed by atoms with E-state index in [9.17, 15) is 4.79 Å². The molecule has 104 valence electrons. The van der Waals surface area contributed by atoms with Gasteiger partial charge in [-0.25, -0.2) is 0 Å². The predicted octanol–water partition coefficient (Wildman–Crippen LogP) is 3.36. The highest BCUT2D eigenvalue weighted by atomic mass is 79.9. The van der Waals surface area contributed by atoms with E-state index in [4.69, 9.17) is 27.8 Å². The molecule has 0 heterocycles. The molecule has 0 aliphatic rings. The van der Waals surface area contributed by atoms with Crippen LogP contribution >= 0.6 is 27.5 Å². The van der Waals surface area contributed by atoms with Crippen LogP contribution in [0.15, 0.2) is 40.9 Å². The molecule has 4 nitrogen and oxygen atoms in total. The van der Waals surface area contributed by atoms with Crippen LogP contribution in [-0.4, -0.2) is 5.91 Å². The van der Waals surface area contributed by atoms with Crippen molar-refractivity contribution in [2.45, 2.75) is 6.61 Å². The van der Waals surface area contributed by atoms with Gasteiger partial charge in [0.15, 0.2) is 5.75 Å². The summed E-state index contributed by atoms with van der Waals surface area (Å²) in [6.07, 6.45) is 0. The van der Waals surface area contributed by atoms with Gasteiger partial charge in [0.2, 0.25) is 5.91 Å². The molecular weight excluding hydrogens is 344 g/mol. The van der Waals surface area contributed by atoms with E-state index in [1.54, 1.807) is 30.3 Å². The molecule has 0 spiro atoms. The molecule has 6 heteroatoms. The van der Waals surface area contributed by atoms with Crippen LogP contribution in [0.5, 0.6) is 5.75 Å². The first-order valence-corrected chi connectivity index (χ1v) is 6.91. The van der Waals surface area contributed by atoms with Crippen molar-refractivity contribution in [1.29, 1.82) is 0 Å². The van der Waals surface area contributed by atoms with Crippen LogP contribution in [0.2, 0.25) is 5.02 Å². The Morgan fingerprint density at radius 3 is 2.65 bits per heavy atom. The molecule has 4 N–H and O–H groups in total. The highest BCUT2D eigenvalue weighted by molar-refractivity contribution is 9.10. The number of hydrogen-bond donors (Lipinski definition) is 2. The molecule has 0 unspecified atom stereocenters. The molecule has 0 aliphatic carbocycles. The van der Waals surface area contributed by atoms with Crippen molar-refractivity contribution in [2.75, 3.05) is 5.73 Å². The van der Waals surface area contributed by atoms with Gasteiger partial charge >= 0.3 is 0 Å². The summed E-state index contributed by atoms with van der Waals surface area (Å²) in [5.41, 5.74) is 12.7. The third-order valence-corrected chi connectivity index (χ3v) is 3.50. The quantitative estimate of drug-likeness (QED) is 0.825. The molecule has 2 aromatic carbocycles. The highest BCUT2D eigenvalue weighted by Crippen LogP contribution is 2.35. The number of benzene rings is 2. The Hall–Kier alpha value is -1.72. The number of carbonyl (C=O) groups excluding carboxylic acids is 1. The second-order valence-electron chi connectivity index (χ2n) is 4.12. The van der Waals surface area contributed by atoms with E-state index in [1.165, 1.54) is 0 Å². The fraction of sp³-hybridized carbons (Fsp3) is 0.0714.